The standard InChI is InChI=1S/C8H10O3/c1-2-3-8(11)4-6(5-8)7(9)10/h1,6,11H,3-5H2,(H,9,10). The Morgan fingerprint density at radius 3 is 2.64 bits per heavy atom. The van der Waals surface area contributed by atoms with Crippen LogP contribution in [0.25, 0.3) is 0 Å². The van der Waals surface area contributed by atoms with Crippen molar-refractivity contribution >= 4 is 5.97 Å². The van der Waals surface area contributed by atoms with Gasteiger partial charge in [0, 0.05) is 6.42 Å². The first-order chi connectivity index (χ1) is 5.07. The second-order valence-electron chi connectivity index (χ2n) is 3.05. The van der Waals surface area contributed by atoms with Crippen LogP contribution in [0.3, 0.4) is 0 Å². The molecule has 0 radical (unpaired) electrons. The number of carbonyl (C=O) groups is 1. The predicted octanol–water partition coefficient (Wildman–Crippen LogP) is 0.235. The van der Waals surface area contributed by atoms with Crippen molar-refractivity contribution in [1.82, 2.24) is 0 Å². The summed E-state index contributed by atoms with van der Waals surface area (Å²) in [6.07, 6.45) is 5.85. The van der Waals surface area contributed by atoms with E-state index in [2.05, 4.69) is 5.92 Å². The van der Waals surface area contributed by atoms with Crippen LogP contribution in [0.1, 0.15) is 19.3 Å². The third kappa shape index (κ3) is 1.52. The lowest BCUT2D eigenvalue weighted by Gasteiger charge is -2.40. The van der Waals surface area contributed by atoms with Crippen LogP contribution in [-0.4, -0.2) is 21.8 Å². The van der Waals surface area contributed by atoms with Crippen molar-refractivity contribution in [1.29, 1.82) is 0 Å². The average Bonchev–Trinajstić information content (AvgIpc) is 1.82. The molecule has 0 aliphatic heterocycles. The molecule has 2 N–H and O–H groups in total. The summed E-state index contributed by atoms with van der Waals surface area (Å²) in [6.45, 7) is 0. The normalized spacial score (nSPS) is 35.5. The van der Waals surface area contributed by atoms with Crippen LogP contribution >= 0.6 is 0 Å². The second kappa shape index (κ2) is 2.55. The lowest BCUT2D eigenvalue weighted by molar-refractivity contribution is -0.157. The predicted molar refractivity (Wildman–Crippen MR) is 38.8 cm³/mol. The largest absolute Gasteiger partial charge is 0.481 e. The smallest absolute Gasteiger partial charge is 0.306 e. The van der Waals surface area contributed by atoms with Gasteiger partial charge in [0.2, 0.25) is 0 Å². The van der Waals surface area contributed by atoms with E-state index in [-0.39, 0.29) is 6.42 Å². The van der Waals surface area contributed by atoms with Gasteiger partial charge in [-0.1, -0.05) is 0 Å². The molecule has 11 heavy (non-hydrogen) atoms. The lowest BCUT2D eigenvalue weighted by atomic mass is 9.69. The van der Waals surface area contributed by atoms with Gasteiger partial charge in [0.25, 0.3) is 0 Å². The van der Waals surface area contributed by atoms with Crippen molar-refractivity contribution < 1.29 is 15.0 Å². The Morgan fingerprint density at radius 2 is 2.27 bits per heavy atom. The summed E-state index contributed by atoms with van der Waals surface area (Å²) in [4.78, 5) is 10.3. The van der Waals surface area contributed by atoms with Gasteiger partial charge in [0.1, 0.15) is 0 Å². The molecule has 1 fully saturated rings. The zero-order valence-electron chi connectivity index (χ0n) is 6.08. The van der Waals surface area contributed by atoms with E-state index >= 15 is 0 Å². The molecule has 0 bridgehead atoms. The van der Waals surface area contributed by atoms with Crippen LogP contribution in [0.2, 0.25) is 0 Å². The maximum absolute atomic E-state index is 10.3. The molecule has 0 amide bonds. The van der Waals surface area contributed by atoms with E-state index in [1.165, 1.54) is 0 Å². The Bertz CT molecular complexity index is 208. The molecule has 3 heteroatoms. The van der Waals surface area contributed by atoms with E-state index in [1.807, 2.05) is 0 Å². The molecule has 0 saturated heterocycles. The van der Waals surface area contributed by atoms with E-state index in [1.54, 1.807) is 0 Å². The molecule has 1 aliphatic carbocycles. The topological polar surface area (TPSA) is 57.5 Å². The highest BCUT2D eigenvalue weighted by Crippen LogP contribution is 2.39. The van der Waals surface area contributed by atoms with Gasteiger partial charge in [0.05, 0.1) is 11.5 Å². The first-order valence-corrected chi connectivity index (χ1v) is 3.46. The van der Waals surface area contributed by atoms with Crippen molar-refractivity contribution in [3.05, 3.63) is 0 Å². The molecule has 1 saturated carbocycles. The van der Waals surface area contributed by atoms with Crippen LogP contribution < -0.4 is 0 Å². The number of rotatable bonds is 2. The van der Waals surface area contributed by atoms with Crippen LogP contribution in [0, 0.1) is 18.3 Å². The van der Waals surface area contributed by atoms with E-state index in [0.717, 1.165) is 0 Å². The molecular formula is C8H10O3. The van der Waals surface area contributed by atoms with E-state index < -0.39 is 17.5 Å². The molecule has 0 heterocycles. The van der Waals surface area contributed by atoms with Crippen molar-refractivity contribution in [3.8, 4) is 12.3 Å². The van der Waals surface area contributed by atoms with Gasteiger partial charge >= 0.3 is 5.97 Å². The van der Waals surface area contributed by atoms with Gasteiger partial charge < -0.3 is 10.2 Å². The first kappa shape index (κ1) is 8.09. The number of terminal acetylenes is 1. The zero-order chi connectivity index (χ0) is 8.48. The number of carboxylic acid groups (broad SMARTS) is 1. The molecule has 0 aromatic rings. The summed E-state index contributed by atoms with van der Waals surface area (Å²) in [5.74, 6) is 1.09. The van der Waals surface area contributed by atoms with E-state index in [0.29, 0.717) is 12.8 Å². The Hall–Kier alpha value is -1.01. The molecule has 0 atom stereocenters. The molecule has 0 aromatic carbocycles. The minimum atomic E-state index is -0.891. The third-order valence-electron chi connectivity index (χ3n) is 2.03. The maximum Gasteiger partial charge on any atom is 0.306 e. The molecule has 1 rings (SSSR count). The summed E-state index contributed by atoms with van der Waals surface area (Å²) in [5, 5.41) is 17.9. The van der Waals surface area contributed by atoms with Crippen LogP contribution in [-0.2, 0) is 4.79 Å². The fourth-order valence-electron chi connectivity index (χ4n) is 1.37. The van der Waals surface area contributed by atoms with E-state index in [9.17, 15) is 9.90 Å². The Labute approximate surface area is 65.0 Å². The van der Waals surface area contributed by atoms with Crippen LogP contribution in [0.5, 0.6) is 0 Å². The van der Waals surface area contributed by atoms with Crippen molar-refractivity contribution in [2.45, 2.75) is 24.9 Å². The minimum absolute atomic E-state index is 0.261. The molecule has 1 aliphatic rings. The number of hydrogen-bond donors (Lipinski definition) is 2. The van der Waals surface area contributed by atoms with Gasteiger partial charge in [-0.25, -0.2) is 0 Å². The molecule has 0 aromatic heterocycles. The number of aliphatic hydroxyl groups is 1. The van der Waals surface area contributed by atoms with Gasteiger partial charge in [-0.2, -0.15) is 0 Å². The van der Waals surface area contributed by atoms with Crippen molar-refractivity contribution in [2.24, 2.45) is 5.92 Å². The third-order valence-corrected chi connectivity index (χ3v) is 2.03. The maximum atomic E-state index is 10.3. The van der Waals surface area contributed by atoms with Crippen LogP contribution in [0.15, 0.2) is 0 Å². The Kier molecular flexibility index (Phi) is 1.88. The summed E-state index contributed by atoms with van der Waals surface area (Å²) in [7, 11) is 0. The summed E-state index contributed by atoms with van der Waals surface area (Å²) >= 11 is 0. The Morgan fingerprint density at radius 1 is 1.73 bits per heavy atom. The second-order valence-corrected chi connectivity index (χ2v) is 3.05. The lowest BCUT2D eigenvalue weighted by Crippen LogP contribution is -2.46. The zero-order valence-corrected chi connectivity index (χ0v) is 6.08. The van der Waals surface area contributed by atoms with E-state index in [4.69, 9.17) is 11.5 Å². The quantitative estimate of drug-likeness (QED) is 0.560. The molecule has 60 valence electrons. The summed E-state index contributed by atoms with van der Waals surface area (Å²) < 4.78 is 0. The number of hydrogen-bond acceptors (Lipinski definition) is 2. The number of carboxylic acids is 1. The van der Waals surface area contributed by atoms with Gasteiger partial charge in [-0.3, -0.25) is 4.79 Å². The van der Waals surface area contributed by atoms with Crippen molar-refractivity contribution in [2.75, 3.05) is 0 Å². The van der Waals surface area contributed by atoms with Gasteiger partial charge in [-0.05, 0) is 12.8 Å². The summed E-state index contributed by atoms with van der Waals surface area (Å²) in [6, 6.07) is 0. The minimum Gasteiger partial charge on any atom is -0.481 e. The average molecular weight is 154 g/mol. The highest BCUT2D eigenvalue weighted by atomic mass is 16.4. The first-order valence-electron chi connectivity index (χ1n) is 3.46. The van der Waals surface area contributed by atoms with Gasteiger partial charge in [-0.15, -0.1) is 12.3 Å². The Balaban J connectivity index is 2.39. The van der Waals surface area contributed by atoms with Crippen LogP contribution in [0.4, 0.5) is 0 Å². The number of aliphatic carboxylic acids is 1. The highest BCUT2D eigenvalue weighted by molar-refractivity contribution is 5.71. The summed E-state index contributed by atoms with van der Waals surface area (Å²) in [5.41, 5.74) is -0.891. The van der Waals surface area contributed by atoms with Crippen molar-refractivity contribution in [3.63, 3.8) is 0 Å². The monoisotopic (exact) mass is 154 g/mol. The molecule has 0 unspecified atom stereocenters. The highest BCUT2D eigenvalue weighted by Gasteiger charge is 2.45. The van der Waals surface area contributed by atoms with Gasteiger partial charge in [0.15, 0.2) is 0 Å². The fourth-order valence-corrected chi connectivity index (χ4v) is 1.37. The molecule has 0 spiro atoms. The SMILES string of the molecule is C#CCC1(O)CC(C(=O)O)C1. The molecule has 3 nitrogen and oxygen atoms in total. The molecular weight excluding hydrogens is 144 g/mol. The fraction of sp³-hybridized carbons (Fsp3) is 0.625.